The molecule has 0 aliphatic rings. The molecule has 1 aromatic heterocycles. The smallest absolute Gasteiger partial charge is 0.445 e. The van der Waals surface area contributed by atoms with Crippen molar-refractivity contribution >= 4 is 12.4 Å². The SMILES string of the molecule is Cc1onc(-c2ccccc2)c1[B-](F)(F)F. The van der Waals surface area contributed by atoms with Crippen LogP contribution in [-0.4, -0.2) is 12.1 Å². The summed E-state index contributed by atoms with van der Waals surface area (Å²) in [5.74, 6) is -0.189. The predicted molar refractivity (Wildman–Crippen MR) is 55.4 cm³/mol. The number of hydrogen-bond acceptors (Lipinski definition) is 2. The van der Waals surface area contributed by atoms with Gasteiger partial charge in [-0.1, -0.05) is 35.5 Å². The highest BCUT2D eigenvalue weighted by molar-refractivity contribution is 6.75. The Balaban J connectivity index is 2.60. The van der Waals surface area contributed by atoms with Crippen molar-refractivity contribution in [1.82, 2.24) is 5.16 Å². The molecule has 0 aliphatic heterocycles. The van der Waals surface area contributed by atoms with E-state index in [2.05, 4.69) is 9.68 Å². The Morgan fingerprint density at radius 1 is 1.12 bits per heavy atom. The molecule has 84 valence electrons. The van der Waals surface area contributed by atoms with Gasteiger partial charge in [-0.05, 0) is 12.4 Å². The number of aryl methyl sites for hydroxylation is 1. The highest BCUT2D eigenvalue weighted by Crippen LogP contribution is 2.22. The Kier molecular flexibility index (Phi) is 2.49. The van der Waals surface area contributed by atoms with Gasteiger partial charge in [-0.25, -0.2) is 0 Å². The van der Waals surface area contributed by atoms with Crippen LogP contribution in [-0.2, 0) is 0 Å². The van der Waals surface area contributed by atoms with Gasteiger partial charge >= 0.3 is 6.98 Å². The predicted octanol–water partition coefficient (Wildman–Crippen LogP) is 2.70. The summed E-state index contributed by atoms with van der Waals surface area (Å²) in [4.78, 5) is 0. The third kappa shape index (κ3) is 1.82. The molecule has 0 aliphatic carbocycles. The second kappa shape index (κ2) is 3.70. The van der Waals surface area contributed by atoms with Gasteiger partial charge in [-0.3, -0.25) is 0 Å². The van der Waals surface area contributed by atoms with Crippen molar-refractivity contribution in [2.45, 2.75) is 6.92 Å². The van der Waals surface area contributed by atoms with Crippen LogP contribution in [0.2, 0.25) is 0 Å². The topological polar surface area (TPSA) is 26.0 Å². The Morgan fingerprint density at radius 2 is 1.75 bits per heavy atom. The number of halogens is 3. The number of aromatic nitrogens is 1. The summed E-state index contributed by atoms with van der Waals surface area (Å²) in [7, 11) is 0. The zero-order valence-corrected chi connectivity index (χ0v) is 8.45. The minimum absolute atomic E-state index is 0.134. The zero-order valence-electron chi connectivity index (χ0n) is 8.45. The van der Waals surface area contributed by atoms with Gasteiger partial charge in [0, 0.05) is 5.56 Å². The van der Waals surface area contributed by atoms with Crippen LogP contribution in [0.1, 0.15) is 5.76 Å². The van der Waals surface area contributed by atoms with Crippen LogP contribution in [0.5, 0.6) is 0 Å². The fraction of sp³-hybridized carbons (Fsp3) is 0.100. The van der Waals surface area contributed by atoms with Crippen molar-refractivity contribution in [1.29, 1.82) is 0 Å². The van der Waals surface area contributed by atoms with Gasteiger partial charge in [0.15, 0.2) is 0 Å². The van der Waals surface area contributed by atoms with Crippen molar-refractivity contribution < 1.29 is 17.5 Å². The van der Waals surface area contributed by atoms with Gasteiger partial charge in [0.1, 0.15) is 5.76 Å². The van der Waals surface area contributed by atoms with E-state index in [0.717, 1.165) is 0 Å². The maximum Gasteiger partial charge on any atom is 0.515 e. The summed E-state index contributed by atoms with van der Waals surface area (Å²) in [6, 6.07) is 8.19. The first kappa shape index (κ1) is 10.8. The second-order valence-electron chi connectivity index (χ2n) is 3.44. The molecular weight excluding hydrogens is 218 g/mol. The summed E-state index contributed by atoms with van der Waals surface area (Å²) in [5.41, 5.74) is -0.467. The molecule has 0 amide bonds. The van der Waals surface area contributed by atoms with Gasteiger partial charge < -0.3 is 17.5 Å². The Morgan fingerprint density at radius 3 is 2.31 bits per heavy atom. The molecule has 1 aromatic carbocycles. The normalized spacial score (nSPS) is 11.8. The fourth-order valence-electron chi connectivity index (χ4n) is 1.57. The third-order valence-corrected chi connectivity index (χ3v) is 2.28. The van der Waals surface area contributed by atoms with Gasteiger partial charge in [-0.15, -0.1) is 0 Å². The Hall–Kier alpha value is -1.72. The van der Waals surface area contributed by atoms with E-state index in [4.69, 9.17) is 0 Å². The van der Waals surface area contributed by atoms with E-state index < -0.39 is 12.4 Å². The van der Waals surface area contributed by atoms with Crippen LogP contribution >= 0.6 is 0 Å². The van der Waals surface area contributed by atoms with Crippen LogP contribution < -0.4 is 5.46 Å². The highest BCUT2D eigenvalue weighted by atomic mass is 19.4. The first-order chi connectivity index (χ1) is 7.50. The van der Waals surface area contributed by atoms with E-state index in [-0.39, 0.29) is 11.5 Å². The molecule has 0 saturated heterocycles. The largest absolute Gasteiger partial charge is 0.515 e. The lowest BCUT2D eigenvalue weighted by Crippen LogP contribution is -2.36. The molecule has 0 saturated carbocycles. The molecule has 2 nitrogen and oxygen atoms in total. The Bertz CT molecular complexity index is 493. The third-order valence-electron chi connectivity index (χ3n) is 2.28. The molecule has 0 fully saturated rings. The van der Waals surface area contributed by atoms with Gasteiger partial charge in [-0.2, -0.15) is 0 Å². The van der Waals surface area contributed by atoms with Crippen LogP contribution in [0.15, 0.2) is 34.9 Å². The van der Waals surface area contributed by atoms with Crippen LogP contribution in [0.4, 0.5) is 12.9 Å². The van der Waals surface area contributed by atoms with Gasteiger partial charge in [0.25, 0.3) is 0 Å². The lowest BCUT2D eigenvalue weighted by Gasteiger charge is -2.14. The fourth-order valence-corrected chi connectivity index (χ4v) is 1.57. The Labute approximate surface area is 90.1 Å². The molecule has 0 unspecified atom stereocenters. The summed E-state index contributed by atoms with van der Waals surface area (Å²) < 4.78 is 43.0. The monoisotopic (exact) mass is 226 g/mol. The molecule has 6 heteroatoms. The number of nitrogens with zero attached hydrogens (tertiary/aromatic N) is 1. The lowest BCUT2D eigenvalue weighted by atomic mass is 9.77. The van der Waals surface area contributed by atoms with Crippen LogP contribution in [0.3, 0.4) is 0 Å². The number of hydrogen-bond donors (Lipinski definition) is 0. The van der Waals surface area contributed by atoms with E-state index in [0.29, 0.717) is 5.56 Å². The summed E-state index contributed by atoms with van der Waals surface area (Å²) in [6.07, 6.45) is 0. The average Bonchev–Trinajstić information content (AvgIpc) is 2.61. The van der Waals surface area contributed by atoms with E-state index in [1.54, 1.807) is 30.3 Å². The van der Waals surface area contributed by atoms with Gasteiger partial charge in [0.05, 0.1) is 5.69 Å². The molecule has 2 rings (SSSR count). The molecule has 0 radical (unpaired) electrons. The first-order valence-corrected chi connectivity index (χ1v) is 4.71. The first-order valence-electron chi connectivity index (χ1n) is 4.71. The summed E-state index contributed by atoms with van der Waals surface area (Å²) in [6.45, 7) is -3.84. The number of rotatable bonds is 2. The van der Waals surface area contributed by atoms with Crippen molar-refractivity contribution in [3.63, 3.8) is 0 Å². The molecular formula is C10H8BF3NO-. The van der Waals surface area contributed by atoms with Crippen LogP contribution in [0, 0.1) is 6.92 Å². The van der Waals surface area contributed by atoms with Crippen molar-refractivity contribution in [2.24, 2.45) is 0 Å². The van der Waals surface area contributed by atoms with Crippen molar-refractivity contribution in [3.8, 4) is 11.3 Å². The molecule has 0 spiro atoms. The quantitative estimate of drug-likeness (QED) is 0.735. The zero-order chi connectivity index (χ0) is 11.8. The minimum Gasteiger partial charge on any atom is -0.445 e. The molecule has 0 N–H and O–H groups in total. The molecule has 0 atom stereocenters. The van der Waals surface area contributed by atoms with E-state index in [1.807, 2.05) is 0 Å². The van der Waals surface area contributed by atoms with E-state index >= 15 is 0 Å². The summed E-state index contributed by atoms with van der Waals surface area (Å²) in [5, 5.41) is 3.47. The molecule has 0 bridgehead atoms. The maximum absolute atomic E-state index is 12.8. The average molecular weight is 226 g/mol. The number of benzene rings is 1. The second-order valence-corrected chi connectivity index (χ2v) is 3.44. The highest BCUT2D eigenvalue weighted by Gasteiger charge is 2.34. The molecule has 16 heavy (non-hydrogen) atoms. The molecule has 2 aromatic rings. The lowest BCUT2D eigenvalue weighted by molar-refractivity contribution is 0.399. The van der Waals surface area contributed by atoms with E-state index in [9.17, 15) is 12.9 Å². The van der Waals surface area contributed by atoms with E-state index in [1.165, 1.54) is 6.92 Å². The minimum atomic E-state index is -5.11. The van der Waals surface area contributed by atoms with Crippen LogP contribution in [0.25, 0.3) is 11.3 Å². The molecule has 1 heterocycles. The van der Waals surface area contributed by atoms with Crippen molar-refractivity contribution in [3.05, 3.63) is 36.1 Å². The van der Waals surface area contributed by atoms with Gasteiger partial charge in [0.2, 0.25) is 0 Å². The summed E-state index contributed by atoms with van der Waals surface area (Å²) >= 11 is 0. The van der Waals surface area contributed by atoms with Crippen molar-refractivity contribution in [2.75, 3.05) is 0 Å². The maximum atomic E-state index is 12.8. The standard InChI is InChI=1S/C10H8BF3NO/c1-7-9(11(12,13)14)10(15-16-7)8-5-3-2-4-6-8/h2-6H,1H3/q-1.